The van der Waals surface area contributed by atoms with Crippen LogP contribution in [0.4, 0.5) is 4.39 Å². The fourth-order valence-electron chi connectivity index (χ4n) is 2.52. The zero-order chi connectivity index (χ0) is 16.6. The van der Waals surface area contributed by atoms with Crippen molar-refractivity contribution in [3.8, 4) is 0 Å². The molecule has 1 fully saturated rings. The molecule has 1 amide bonds. The molecule has 2 N–H and O–H groups in total. The summed E-state index contributed by atoms with van der Waals surface area (Å²) in [6, 6.07) is 6.07. The molecule has 0 aliphatic heterocycles. The summed E-state index contributed by atoms with van der Waals surface area (Å²) in [4.78, 5) is 17.1. The number of carbonyl (C=O) groups is 1. The van der Waals surface area contributed by atoms with E-state index in [1.165, 1.54) is 12.1 Å². The molecule has 4 nitrogen and oxygen atoms in total. The van der Waals surface area contributed by atoms with Crippen molar-refractivity contribution >= 4 is 16.8 Å². The highest BCUT2D eigenvalue weighted by Gasteiger charge is 2.27. The molecule has 1 aromatic carbocycles. The Labute approximate surface area is 134 Å². The molecule has 1 saturated carbocycles. The van der Waals surface area contributed by atoms with E-state index in [9.17, 15) is 14.3 Å². The van der Waals surface area contributed by atoms with Gasteiger partial charge in [-0.1, -0.05) is 13.8 Å². The van der Waals surface area contributed by atoms with Crippen LogP contribution in [0.2, 0.25) is 0 Å². The fourth-order valence-corrected chi connectivity index (χ4v) is 2.52. The number of aromatic nitrogens is 1. The number of benzene rings is 1. The van der Waals surface area contributed by atoms with E-state index in [2.05, 4.69) is 10.3 Å². The summed E-state index contributed by atoms with van der Waals surface area (Å²) < 4.78 is 13.6. The van der Waals surface area contributed by atoms with Gasteiger partial charge in [-0.15, -0.1) is 0 Å². The quantitative estimate of drug-likeness (QED) is 0.891. The van der Waals surface area contributed by atoms with Crippen LogP contribution in [-0.2, 0) is 0 Å². The standard InChI is InChI=1S/C18H21FN2O2/c1-10(2)17(22)9-20-18(23)14-8-16(11-3-4-11)21-15-6-5-12(19)7-13(14)15/h5-8,10-11,17,22H,3-4,9H2,1-2H3,(H,20,23). The van der Waals surface area contributed by atoms with Crippen molar-refractivity contribution in [1.29, 1.82) is 0 Å². The number of amides is 1. The highest BCUT2D eigenvalue weighted by Crippen LogP contribution is 2.40. The van der Waals surface area contributed by atoms with Gasteiger partial charge in [0.15, 0.2) is 0 Å². The van der Waals surface area contributed by atoms with Gasteiger partial charge in [-0.2, -0.15) is 0 Å². The third-order valence-electron chi connectivity index (χ3n) is 4.27. The number of rotatable bonds is 5. The Bertz CT molecular complexity index is 741. The van der Waals surface area contributed by atoms with E-state index in [0.717, 1.165) is 18.5 Å². The third kappa shape index (κ3) is 3.50. The summed E-state index contributed by atoms with van der Waals surface area (Å²) in [6.45, 7) is 3.95. The molecule has 5 heteroatoms. The molecule has 2 aromatic rings. The summed E-state index contributed by atoms with van der Waals surface area (Å²) in [5.41, 5.74) is 1.94. The van der Waals surface area contributed by atoms with E-state index in [4.69, 9.17) is 0 Å². The molecular weight excluding hydrogens is 295 g/mol. The molecule has 1 atom stereocenters. The van der Waals surface area contributed by atoms with E-state index in [1.54, 1.807) is 12.1 Å². The fraction of sp³-hybridized carbons (Fsp3) is 0.444. The number of carbonyl (C=O) groups excluding carboxylic acids is 1. The lowest BCUT2D eigenvalue weighted by atomic mass is 10.0. The van der Waals surface area contributed by atoms with Crippen LogP contribution >= 0.6 is 0 Å². The maximum absolute atomic E-state index is 13.6. The van der Waals surface area contributed by atoms with Crippen molar-refractivity contribution in [1.82, 2.24) is 10.3 Å². The van der Waals surface area contributed by atoms with Gasteiger partial charge in [0.2, 0.25) is 0 Å². The first-order valence-electron chi connectivity index (χ1n) is 8.02. The third-order valence-corrected chi connectivity index (χ3v) is 4.27. The topological polar surface area (TPSA) is 62.2 Å². The molecule has 0 spiro atoms. The van der Waals surface area contributed by atoms with Crippen molar-refractivity contribution in [2.45, 2.75) is 38.7 Å². The summed E-state index contributed by atoms with van der Waals surface area (Å²) in [6.07, 6.45) is 1.55. The van der Waals surface area contributed by atoms with E-state index < -0.39 is 11.9 Å². The Hall–Kier alpha value is -2.01. The zero-order valence-corrected chi connectivity index (χ0v) is 13.3. The molecule has 0 saturated heterocycles. The van der Waals surface area contributed by atoms with Crippen LogP contribution in [-0.4, -0.2) is 28.6 Å². The molecule has 1 aliphatic carbocycles. The largest absolute Gasteiger partial charge is 0.391 e. The van der Waals surface area contributed by atoms with Gasteiger partial charge in [0.1, 0.15) is 5.82 Å². The Morgan fingerprint density at radius 3 is 2.78 bits per heavy atom. The van der Waals surface area contributed by atoms with Crippen molar-refractivity contribution < 1.29 is 14.3 Å². The Morgan fingerprint density at radius 1 is 1.39 bits per heavy atom. The van der Waals surface area contributed by atoms with E-state index >= 15 is 0 Å². The zero-order valence-electron chi connectivity index (χ0n) is 13.3. The molecule has 3 rings (SSSR count). The van der Waals surface area contributed by atoms with E-state index in [0.29, 0.717) is 22.4 Å². The predicted octanol–water partition coefficient (Wildman–Crippen LogP) is 3.00. The Kier molecular flexibility index (Phi) is 4.31. The van der Waals surface area contributed by atoms with Gasteiger partial charge < -0.3 is 10.4 Å². The van der Waals surface area contributed by atoms with E-state index in [1.807, 2.05) is 13.8 Å². The lowest BCUT2D eigenvalue weighted by molar-refractivity contribution is 0.0873. The van der Waals surface area contributed by atoms with Gasteiger partial charge in [0.05, 0.1) is 17.2 Å². The molecule has 1 aliphatic rings. The maximum Gasteiger partial charge on any atom is 0.252 e. The second kappa shape index (κ2) is 6.24. The van der Waals surface area contributed by atoms with Crippen molar-refractivity contribution in [2.75, 3.05) is 6.54 Å². The minimum Gasteiger partial charge on any atom is -0.391 e. The number of hydrogen-bond donors (Lipinski definition) is 2. The smallest absolute Gasteiger partial charge is 0.252 e. The average Bonchev–Trinajstić information content (AvgIpc) is 3.35. The first-order chi connectivity index (χ1) is 11.0. The molecule has 1 heterocycles. The molecular formula is C18H21FN2O2. The number of fused-ring (bicyclic) bond motifs is 1. The van der Waals surface area contributed by atoms with Crippen LogP contribution in [0.1, 0.15) is 48.7 Å². The average molecular weight is 316 g/mol. The number of nitrogens with one attached hydrogen (secondary N) is 1. The number of halogens is 1. The summed E-state index contributed by atoms with van der Waals surface area (Å²) in [7, 11) is 0. The summed E-state index contributed by atoms with van der Waals surface area (Å²) in [5, 5.41) is 13.1. The van der Waals surface area contributed by atoms with Gasteiger partial charge in [0.25, 0.3) is 5.91 Å². The molecule has 23 heavy (non-hydrogen) atoms. The van der Waals surface area contributed by atoms with Crippen LogP contribution in [0.25, 0.3) is 10.9 Å². The van der Waals surface area contributed by atoms with Crippen molar-refractivity contribution in [3.05, 3.63) is 41.3 Å². The summed E-state index contributed by atoms with van der Waals surface area (Å²) >= 11 is 0. The number of aliphatic hydroxyl groups is 1. The normalized spacial score (nSPS) is 15.9. The highest BCUT2D eigenvalue weighted by molar-refractivity contribution is 6.06. The van der Waals surface area contributed by atoms with Crippen LogP contribution in [0.5, 0.6) is 0 Å². The number of aliphatic hydroxyl groups excluding tert-OH is 1. The monoisotopic (exact) mass is 316 g/mol. The van der Waals surface area contributed by atoms with Gasteiger partial charge in [-0.25, -0.2) is 4.39 Å². The van der Waals surface area contributed by atoms with Gasteiger partial charge in [-0.05, 0) is 43.0 Å². The van der Waals surface area contributed by atoms with Crippen molar-refractivity contribution in [3.63, 3.8) is 0 Å². The minimum atomic E-state index is -0.605. The second-order valence-corrected chi connectivity index (χ2v) is 6.55. The Balaban J connectivity index is 1.93. The first kappa shape index (κ1) is 15.9. The van der Waals surface area contributed by atoms with Crippen molar-refractivity contribution in [2.24, 2.45) is 5.92 Å². The number of nitrogens with zero attached hydrogens (tertiary/aromatic N) is 1. The predicted molar refractivity (Wildman–Crippen MR) is 86.9 cm³/mol. The second-order valence-electron chi connectivity index (χ2n) is 6.55. The van der Waals surface area contributed by atoms with Gasteiger partial charge >= 0.3 is 0 Å². The molecule has 0 radical (unpaired) electrons. The van der Waals surface area contributed by atoms with Gasteiger partial charge in [0, 0.05) is 23.5 Å². The number of pyridine rings is 1. The van der Waals surface area contributed by atoms with Crippen LogP contribution in [0.15, 0.2) is 24.3 Å². The molecule has 0 bridgehead atoms. The first-order valence-corrected chi connectivity index (χ1v) is 8.02. The maximum atomic E-state index is 13.6. The van der Waals surface area contributed by atoms with E-state index in [-0.39, 0.29) is 18.4 Å². The lowest BCUT2D eigenvalue weighted by Gasteiger charge is -2.16. The Morgan fingerprint density at radius 2 is 2.13 bits per heavy atom. The molecule has 1 aromatic heterocycles. The van der Waals surface area contributed by atoms with Crippen LogP contribution in [0.3, 0.4) is 0 Å². The highest BCUT2D eigenvalue weighted by atomic mass is 19.1. The lowest BCUT2D eigenvalue weighted by Crippen LogP contribution is -2.34. The minimum absolute atomic E-state index is 0.0592. The molecule has 1 unspecified atom stereocenters. The SMILES string of the molecule is CC(C)C(O)CNC(=O)c1cc(C2CC2)nc2ccc(F)cc12. The number of hydrogen-bond acceptors (Lipinski definition) is 3. The van der Waals surface area contributed by atoms with Crippen LogP contribution < -0.4 is 5.32 Å². The van der Waals surface area contributed by atoms with Gasteiger partial charge in [-0.3, -0.25) is 9.78 Å². The molecule has 122 valence electrons. The summed E-state index contributed by atoms with van der Waals surface area (Å²) in [5.74, 6) is -0.236. The van der Waals surface area contributed by atoms with Crippen LogP contribution in [0, 0.1) is 11.7 Å².